The molecule has 2 aliphatic rings. The van der Waals surface area contributed by atoms with E-state index >= 15 is 0 Å². The molecule has 0 aromatic heterocycles. The van der Waals surface area contributed by atoms with Crippen molar-refractivity contribution in [2.45, 2.75) is 44.3 Å². The smallest absolute Gasteiger partial charge is 0.246 e. The zero-order valence-corrected chi connectivity index (χ0v) is 14.2. The lowest BCUT2D eigenvalue weighted by atomic mass is 9.89. The molecule has 2 fully saturated rings. The van der Waals surface area contributed by atoms with Crippen molar-refractivity contribution in [3.05, 3.63) is 35.4 Å². The molecule has 2 amide bonds. The van der Waals surface area contributed by atoms with Crippen molar-refractivity contribution in [1.29, 1.82) is 5.26 Å². The topological polar surface area (TPSA) is 96.4 Å². The first-order valence-corrected chi connectivity index (χ1v) is 8.78. The number of primary amides is 1. The molecule has 25 heavy (non-hydrogen) atoms. The number of rotatable bonds is 4. The second kappa shape index (κ2) is 7.66. The molecule has 2 aliphatic heterocycles. The number of nitrogens with two attached hydrogens (primary N) is 1. The fourth-order valence-electron chi connectivity index (χ4n) is 3.72. The Labute approximate surface area is 147 Å². The number of carbonyl (C=O) groups excluding carboxylic acids is 2. The molecule has 3 rings (SSSR count). The van der Waals surface area contributed by atoms with Crippen LogP contribution in [-0.2, 0) is 20.7 Å². The second-order valence-corrected chi connectivity index (χ2v) is 6.85. The largest absolute Gasteiger partial charge is 0.367 e. The maximum atomic E-state index is 12.5. The molecule has 0 spiro atoms. The molecule has 1 aromatic carbocycles. The molecular weight excluding hydrogens is 318 g/mol. The van der Waals surface area contributed by atoms with Crippen LogP contribution < -0.4 is 5.73 Å². The number of piperidine rings is 1. The van der Waals surface area contributed by atoms with Gasteiger partial charge >= 0.3 is 0 Å². The predicted octanol–water partition coefficient (Wildman–Crippen LogP) is 1.37. The van der Waals surface area contributed by atoms with E-state index in [9.17, 15) is 9.59 Å². The Balaban J connectivity index is 1.47. The van der Waals surface area contributed by atoms with Gasteiger partial charge in [-0.3, -0.25) is 9.59 Å². The van der Waals surface area contributed by atoms with Crippen LogP contribution >= 0.6 is 0 Å². The maximum Gasteiger partial charge on any atom is 0.246 e. The summed E-state index contributed by atoms with van der Waals surface area (Å²) in [7, 11) is 0. The highest BCUT2D eigenvalue weighted by Crippen LogP contribution is 2.31. The molecule has 0 radical (unpaired) electrons. The SMILES string of the molecule is N#Cc1ccc(CC(=O)N2CCC([C@@H]3CC[C@H](C(N)=O)O3)CC2)cc1. The Morgan fingerprint density at radius 3 is 2.40 bits per heavy atom. The average molecular weight is 341 g/mol. The Bertz CT molecular complexity index is 672. The van der Waals surface area contributed by atoms with Gasteiger partial charge in [0.1, 0.15) is 6.10 Å². The third kappa shape index (κ3) is 4.18. The highest BCUT2D eigenvalue weighted by molar-refractivity contribution is 5.79. The van der Waals surface area contributed by atoms with Crippen molar-refractivity contribution in [2.75, 3.05) is 13.1 Å². The van der Waals surface area contributed by atoms with Gasteiger partial charge in [0.25, 0.3) is 0 Å². The summed E-state index contributed by atoms with van der Waals surface area (Å²) in [6, 6.07) is 9.22. The van der Waals surface area contributed by atoms with Gasteiger partial charge in [-0.1, -0.05) is 12.1 Å². The summed E-state index contributed by atoms with van der Waals surface area (Å²) < 4.78 is 5.77. The van der Waals surface area contributed by atoms with Crippen LogP contribution in [0.4, 0.5) is 0 Å². The van der Waals surface area contributed by atoms with E-state index in [0.29, 0.717) is 24.3 Å². The Hall–Kier alpha value is -2.39. The molecule has 0 aliphatic carbocycles. The van der Waals surface area contributed by atoms with Gasteiger partial charge in [-0.25, -0.2) is 0 Å². The quantitative estimate of drug-likeness (QED) is 0.894. The lowest BCUT2D eigenvalue weighted by molar-refractivity contribution is -0.133. The number of ether oxygens (including phenoxy) is 1. The van der Waals surface area contributed by atoms with Gasteiger partial charge in [0, 0.05) is 13.1 Å². The van der Waals surface area contributed by atoms with Gasteiger partial charge in [0.05, 0.1) is 24.2 Å². The van der Waals surface area contributed by atoms with Crippen LogP contribution in [0.1, 0.15) is 36.8 Å². The van der Waals surface area contributed by atoms with Gasteiger partial charge < -0.3 is 15.4 Å². The van der Waals surface area contributed by atoms with Crippen LogP contribution in [0.15, 0.2) is 24.3 Å². The average Bonchev–Trinajstić information content (AvgIpc) is 3.13. The van der Waals surface area contributed by atoms with Crippen molar-refractivity contribution in [3.8, 4) is 6.07 Å². The molecule has 2 N–H and O–H groups in total. The number of likely N-dealkylation sites (tertiary alicyclic amines) is 1. The lowest BCUT2D eigenvalue weighted by Gasteiger charge is -2.34. The summed E-state index contributed by atoms with van der Waals surface area (Å²) in [5.74, 6) is 0.131. The first kappa shape index (κ1) is 17.4. The van der Waals surface area contributed by atoms with Crippen LogP contribution in [0.3, 0.4) is 0 Å². The van der Waals surface area contributed by atoms with Crippen LogP contribution in [0.25, 0.3) is 0 Å². The van der Waals surface area contributed by atoms with Crippen LogP contribution in [0.5, 0.6) is 0 Å². The van der Waals surface area contributed by atoms with Crippen molar-refractivity contribution in [1.82, 2.24) is 4.90 Å². The molecule has 0 bridgehead atoms. The minimum Gasteiger partial charge on any atom is -0.367 e. The van der Waals surface area contributed by atoms with Crippen molar-refractivity contribution in [2.24, 2.45) is 11.7 Å². The number of benzene rings is 1. The maximum absolute atomic E-state index is 12.5. The van der Waals surface area contributed by atoms with E-state index in [1.54, 1.807) is 12.1 Å². The van der Waals surface area contributed by atoms with E-state index in [1.165, 1.54) is 0 Å². The number of nitriles is 1. The Morgan fingerprint density at radius 2 is 1.84 bits per heavy atom. The Kier molecular flexibility index (Phi) is 5.34. The normalized spacial score (nSPS) is 24.0. The van der Waals surface area contributed by atoms with Crippen molar-refractivity contribution >= 4 is 11.8 Å². The summed E-state index contributed by atoms with van der Waals surface area (Å²) in [5.41, 5.74) is 6.83. The molecule has 6 heteroatoms. The van der Waals surface area contributed by atoms with E-state index in [2.05, 4.69) is 6.07 Å². The van der Waals surface area contributed by atoms with Crippen LogP contribution in [0, 0.1) is 17.2 Å². The molecule has 0 saturated carbocycles. The fourth-order valence-corrected chi connectivity index (χ4v) is 3.72. The predicted molar refractivity (Wildman–Crippen MR) is 91.3 cm³/mol. The zero-order valence-electron chi connectivity index (χ0n) is 14.2. The highest BCUT2D eigenvalue weighted by Gasteiger charge is 2.36. The molecule has 2 heterocycles. The third-order valence-electron chi connectivity index (χ3n) is 5.23. The molecule has 6 nitrogen and oxygen atoms in total. The van der Waals surface area contributed by atoms with Gasteiger partial charge in [0.2, 0.25) is 11.8 Å². The molecular formula is C19H23N3O3. The summed E-state index contributed by atoms with van der Waals surface area (Å²) in [6.45, 7) is 1.45. The minimum atomic E-state index is -0.443. The van der Waals surface area contributed by atoms with E-state index in [4.69, 9.17) is 15.7 Å². The summed E-state index contributed by atoms with van der Waals surface area (Å²) in [6.07, 6.45) is 3.38. The fraction of sp³-hybridized carbons (Fsp3) is 0.526. The molecule has 2 saturated heterocycles. The number of nitrogens with zero attached hydrogens (tertiary/aromatic N) is 2. The molecule has 0 unspecified atom stereocenters. The lowest BCUT2D eigenvalue weighted by Crippen LogP contribution is -2.42. The molecule has 2 atom stereocenters. The van der Waals surface area contributed by atoms with Crippen molar-refractivity contribution < 1.29 is 14.3 Å². The number of hydrogen-bond acceptors (Lipinski definition) is 4. The summed E-state index contributed by atoms with van der Waals surface area (Å²) >= 11 is 0. The van der Waals surface area contributed by atoms with Crippen molar-refractivity contribution in [3.63, 3.8) is 0 Å². The first-order valence-electron chi connectivity index (χ1n) is 8.78. The number of hydrogen-bond donors (Lipinski definition) is 1. The van der Waals surface area contributed by atoms with E-state index < -0.39 is 6.10 Å². The van der Waals surface area contributed by atoms with Crippen LogP contribution in [-0.4, -0.2) is 42.0 Å². The number of carbonyl (C=O) groups is 2. The number of amides is 2. The highest BCUT2D eigenvalue weighted by atomic mass is 16.5. The third-order valence-corrected chi connectivity index (χ3v) is 5.23. The summed E-state index contributed by atoms with van der Waals surface area (Å²) in [4.78, 5) is 25.6. The molecule has 132 valence electrons. The first-order chi connectivity index (χ1) is 12.1. The Morgan fingerprint density at radius 1 is 1.16 bits per heavy atom. The zero-order chi connectivity index (χ0) is 17.8. The monoisotopic (exact) mass is 341 g/mol. The summed E-state index contributed by atoms with van der Waals surface area (Å²) in [5, 5.41) is 8.81. The van der Waals surface area contributed by atoms with Gasteiger partial charge in [-0.15, -0.1) is 0 Å². The minimum absolute atomic E-state index is 0.0910. The van der Waals surface area contributed by atoms with Crippen LogP contribution in [0.2, 0.25) is 0 Å². The van der Waals surface area contributed by atoms with E-state index in [-0.39, 0.29) is 17.9 Å². The van der Waals surface area contributed by atoms with E-state index in [0.717, 1.165) is 37.9 Å². The second-order valence-electron chi connectivity index (χ2n) is 6.85. The van der Waals surface area contributed by atoms with Gasteiger partial charge in [0.15, 0.2) is 0 Å². The van der Waals surface area contributed by atoms with E-state index in [1.807, 2.05) is 17.0 Å². The standard InChI is InChI=1S/C19H23N3O3/c20-12-14-3-1-13(2-4-14)11-18(23)22-9-7-15(8-10-22)16-5-6-17(25-16)19(21)24/h1-4,15-17H,5-11H2,(H2,21,24)/t16-,17+/m0/s1. The molecule has 1 aromatic rings. The van der Waals surface area contributed by atoms with Gasteiger partial charge in [-0.05, 0) is 49.3 Å². The van der Waals surface area contributed by atoms with Gasteiger partial charge in [-0.2, -0.15) is 5.26 Å².